The van der Waals surface area contributed by atoms with E-state index in [0.29, 0.717) is 28.5 Å². The molecule has 0 fully saturated rings. The zero-order valence-corrected chi connectivity index (χ0v) is 11.0. The van der Waals surface area contributed by atoms with Gasteiger partial charge in [-0.15, -0.1) is 0 Å². The van der Waals surface area contributed by atoms with Crippen molar-refractivity contribution in [2.45, 2.75) is 13.1 Å². The Kier molecular flexibility index (Phi) is 4.77. The van der Waals surface area contributed by atoms with Gasteiger partial charge in [0, 0.05) is 11.6 Å². The fraction of sp³-hybridized carbons (Fsp3) is 0.200. The first-order chi connectivity index (χ1) is 9.21. The highest BCUT2D eigenvalue weighted by Crippen LogP contribution is 2.26. The average Bonchev–Trinajstić information content (AvgIpc) is 2.40. The first kappa shape index (κ1) is 13.8. The lowest BCUT2D eigenvalue weighted by Gasteiger charge is -2.08. The van der Waals surface area contributed by atoms with Crippen LogP contribution in [0.15, 0.2) is 42.5 Å². The zero-order chi connectivity index (χ0) is 13.7. The van der Waals surface area contributed by atoms with E-state index >= 15 is 0 Å². The van der Waals surface area contributed by atoms with E-state index in [9.17, 15) is 4.39 Å². The van der Waals surface area contributed by atoms with E-state index in [1.165, 1.54) is 0 Å². The first-order valence-electron chi connectivity index (χ1n) is 5.94. The van der Waals surface area contributed by atoms with Crippen molar-refractivity contribution in [2.75, 3.05) is 6.61 Å². The molecule has 0 spiro atoms. The molecule has 0 aromatic heterocycles. The van der Waals surface area contributed by atoms with E-state index in [-0.39, 0.29) is 6.61 Å². The van der Waals surface area contributed by atoms with Gasteiger partial charge < -0.3 is 9.84 Å². The summed E-state index contributed by atoms with van der Waals surface area (Å²) >= 11 is 5.89. The highest BCUT2D eigenvalue weighted by Gasteiger charge is 2.02. The monoisotopic (exact) mass is 280 g/mol. The topological polar surface area (TPSA) is 29.5 Å². The molecule has 19 heavy (non-hydrogen) atoms. The van der Waals surface area contributed by atoms with Crippen LogP contribution >= 0.6 is 11.6 Å². The van der Waals surface area contributed by atoms with Crippen molar-refractivity contribution in [1.29, 1.82) is 0 Å². The number of hydrogen-bond acceptors (Lipinski definition) is 2. The highest BCUT2D eigenvalue weighted by atomic mass is 35.5. The lowest BCUT2D eigenvalue weighted by molar-refractivity contribution is 0.299. The summed E-state index contributed by atoms with van der Waals surface area (Å²) in [5, 5.41) is 9.28. The maximum Gasteiger partial charge on any atom is 0.129 e. The van der Waals surface area contributed by atoms with Crippen LogP contribution in [0.2, 0.25) is 5.02 Å². The predicted molar refractivity (Wildman–Crippen MR) is 73.6 cm³/mol. The summed E-state index contributed by atoms with van der Waals surface area (Å²) in [6.45, 7) is -0.458. The molecule has 2 aromatic rings. The van der Waals surface area contributed by atoms with Gasteiger partial charge in [0.1, 0.15) is 18.2 Å². The second kappa shape index (κ2) is 6.55. The molecule has 0 saturated carbocycles. The van der Waals surface area contributed by atoms with E-state index in [0.717, 1.165) is 5.56 Å². The van der Waals surface area contributed by atoms with Crippen LogP contribution in [-0.4, -0.2) is 11.7 Å². The SMILES string of the molecule is OCCc1ccc(Oc2cc(Cl)cc(CF)c2)cc1. The molecule has 0 saturated heterocycles. The second-order valence-corrected chi connectivity index (χ2v) is 4.58. The Morgan fingerprint density at radius 2 is 1.74 bits per heavy atom. The minimum atomic E-state index is -0.577. The summed E-state index contributed by atoms with van der Waals surface area (Å²) in [4.78, 5) is 0. The van der Waals surface area contributed by atoms with Crippen molar-refractivity contribution in [1.82, 2.24) is 0 Å². The number of alkyl halides is 1. The van der Waals surface area contributed by atoms with Crippen LogP contribution in [0.3, 0.4) is 0 Å². The maximum atomic E-state index is 12.6. The van der Waals surface area contributed by atoms with Gasteiger partial charge in [-0.1, -0.05) is 23.7 Å². The van der Waals surface area contributed by atoms with Crippen LogP contribution in [0, 0.1) is 0 Å². The van der Waals surface area contributed by atoms with E-state index in [2.05, 4.69) is 0 Å². The molecule has 100 valence electrons. The molecule has 0 heterocycles. The Morgan fingerprint density at radius 1 is 1.00 bits per heavy atom. The minimum absolute atomic E-state index is 0.119. The van der Waals surface area contributed by atoms with Gasteiger partial charge in [-0.3, -0.25) is 0 Å². The molecule has 0 amide bonds. The van der Waals surface area contributed by atoms with E-state index in [1.54, 1.807) is 30.3 Å². The molecule has 0 bridgehead atoms. The van der Waals surface area contributed by atoms with E-state index < -0.39 is 6.67 Å². The lowest BCUT2D eigenvalue weighted by atomic mass is 10.1. The molecule has 4 heteroatoms. The molecular formula is C15H14ClFO2. The lowest BCUT2D eigenvalue weighted by Crippen LogP contribution is -1.91. The number of aliphatic hydroxyl groups is 1. The second-order valence-electron chi connectivity index (χ2n) is 4.15. The van der Waals surface area contributed by atoms with Gasteiger partial charge in [-0.25, -0.2) is 4.39 Å². The molecular weight excluding hydrogens is 267 g/mol. The number of rotatable bonds is 5. The van der Waals surface area contributed by atoms with Gasteiger partial charge in [0.2, 0.25) is 0 Å². The number of benzene rings is 2. The van der Waals surface area contributed by atoms with Crippen molar-refractivity contribution in [3.8, 4) is 11.5 Å². The molecule has 2 aromatic carbocycles. The van der Waals surface area contributed by atoms with Crippen molar-refractivity contribution in [3.63, 3.8) is 0 Å². The molecule has 0 atom stereocenters. The van der Waals surface area contributed by atoms with E-state index in [1.807, 2.05) is 12.1 Å². The molecule has 0 aliphatic heterocycles. The molecule has 0 radical (unpaired) electrons. The van der Waals surface area contributed by atoms with Crippen molar-refractivity contribution < 1.29 is 14.2 Å². The van der Waals surface area contributed by atoms with Gasteiger partial charge >= 0.3 is 0 Å². The van der Waals surface area contributed by atoms with Crippen LogP contribution in [0.25, 0.3) is 0 Å². The Bertz CT molecular complexity index is 540. The smallest absolute Gasteiger partial charge is 0.129 e. The number of ether oxygens (including phenoxy) is 1. The van der Waals surface area contributed by atoms with Gasteiger partial charge in [-0.2, -0.15) is 0 Å². The number of hydrogen-bond donors (Lipinski definition) is 1. The van der Waals surface area contributed by atoms with Crippen LogP contribution in [0.5, 0.6) is 11.5 Å². The van der Waals surface area contributed by atoms with Crippen molar-refractivity contribution in [2.24, 2.45) is 0 Å². The Hall–Kier alpha value is -1.58. The summed E-state index contributed by atoms with van der Waals surface area (Å²) < 4.78 is 18.2. The largest absolute Gasteiger partial charge is 0.457 e. The molecule has 0 unspecified atom stereocenters. The van der Waals surface area contributed by atoms with Gasteiger partial charge in [0.15, 0.2) is 0 Å². The van der Waals surface area contributed by atoms with Crippen molar-refractivity contribution in [3.05, 3.63) is 58.6 Å². The highest BCUT2D eigenvalue weighted by molar-refractivity contribution is 6.30. The molecule has 1 N–H and O–H groups in total. The third-order valence-electron chi connectivity index (χ3n) is 2.64. The van der Waals surface area contributed by atoms with Crippen LogP contribution < -0.4 is 4.74 Å². The quantitative estimate of drug-likeness (QED) is 0.892. The molecule has 0 aliphatic rings. The molecule has 2 rings (SSSR count). The predicted octanol–water partition coefficient (Wildman–Crippen LogP) is 4.14. The Labute approximate surface area is 116 Å². The summed E-state index contributed by atoms with van der Waals surface area (Å²) in [6.07, 6.45) is 0.615. The number of aliphatic hydroxyl groups excluding tert-OH is 1. The Morgan fingerprint density at radius 3 is 2.37 bits per heavy atom. The zero-order valence-electron chi connectivity index (χ0n) is 10.3. The normalized spacial score (nSPS) is 10.5. The van der Waals surface area contributed by atoms with Crippen LogP contribution in [0.4, 0.5) is 4.39 Å². The molecule has 2 nitrogen and oxygen atoms in total. The van der Waals surface area contributed by atoms with E-state index in [4.69, 9.17) is 21.4 Å². The fourth-order valence-electron chi connectivity index (χ4n) is 1.75. The van der Waals surface area contributed by atoms with Crippen LogP contribution in [-0.2, 0) is 13.1 Å². The number of halogens is 2. The summed E-state index contributed by atoms with van der Waals surface area (Å²) in [7, 11) is 0. The standard InChI is InChI=1S/C15H14ClFO2/c16-13-7-12(10-17)8-15(9-13)19-14-3-1-11(2-4-14)5-6-18/h1-4,7-9,18H,5-6,10H2. The third-order valence-corrected chi connectivity index (χ3v) is 2.86. The third kappa shape index (κ3) is 3.94. The average molecular weight is 281 g/mol. The fourth-order valence-corrected chi connectivity index (χ4v) is 1.99. The van der Waals surface area contributed by atoms with Crippen LogP contribution in [0.1, 0.15) is 11.1 Å². The molecule has 0 aliphatic carbocycles. The first-order valence-corrected chi connectivity index (χ1v) is 6.32. The van der Waals surface area contributed by atoms with Crippen molar-refractivity contribution >= 4 is 11.6 Å². The summed E-state index contributed by atoms with van der Waals surface area (Å²) in [5.41, 5.74) is 1.52. The van der Waals surface area contributed by atoms with Gasteiger partial charge in [0.05, 0.1) is 0 Å². The minimum Gasteiger partial charge on any atom is -0.457 e. The maximum absolute atomic E-state index is 12.6. The Balaban J connectivity index is 2.14. The van der Waals surface area contributed by atoms with Gasteiger partial charge in [-0.05, 0) is 47.9 Å². The summed E-state index contributed by atoms with van der Waals surface area (Å²) in [5.74, 6) is 1.16. The summed E-state index contributed by atoms with van der Waals surface area (Å²) in [6, 6.07) is 12.2. The van der Waals surface area contributed by atoms with Gasteiger partial charge in [0.25, 0.3) is 0 Å².